The zero-order chi connectivity index (χ0) is 8.44. The summed E-state index contributed by atoms with van der Waals surface area (Å²) in [6, 6.07) is 0. The first-order chi connectivity index (χ1) is 5.87. The van der Waals surface area contributed by atoms with Gasteiger partial charge in [-0.3, -0.25) is 0 Å². The van der Waals surface area contributed by atoms with Gasteiger partial charge in [0.05, 0.1) is 6.61 Å². The molecule has 1 N–H and O–H groups in total. The number of methoxy groups -OCH3 is 1. The normalized spacial score (nSPS) is 41.2. The van der Waals surface area contributed by atoms with Crippen LogP contribution in [0.25, 0.3) is 0 Å². The quantitative estimate of drug-likeness (QED) is 0.675. The summed E-state index contributed by atoms with van der Waals surface area (Å²) < 4.78 is 5.35. The van der Waals surface area contributed by atoms with E-state index in [2.05, 4.69) is 5.32 Å². The van der Waals surface area contributed by atoms with Crippen LogP contribution in [-0.4, -0.2) is 26.8 Å². The van der Waals surface area contributed by atoms with Crippen molar-refractivity contribution in [3.63, 3.8) is 0 Å². The molecule has 12 heavy (non-hydrogen) atoms. The molecule has 1 aliphatic carbocycles. The lowest BCUT2D eigenvalue weighted by molar-refractivity contribution is 0.0331. The predicted octanol–water partition coefficient (Wildman–Crippen LogP) is 1.41. The lowest BCUT2D eigenvalue weighted by atomic mass is 9.69. The Bertz CT molecular complexity index is 156. The average Bonchev–Trinajstić information content (AvgIpc) is 2.48. The van der Waals surface area contributed by atoms with E-state index in [1.54, 1.807) is 0 Å². The van der Waals surface area contributed by atoms with Gasteiger partial charge in [-0.1, -0.05) is 12.8 Å². The van der Waals surface area contributed by atoms with Crippen LogP contribution >= 0.6 is 0 Å². The standard InChI is InChI=1S/C10H19NO/c1-12-8-10-5-3-2-4-9(10)6-11-7-10/h9,11H,2-8H2,1H3/t9-,10+/m0/s1. The van der Waals surface area contributed by atoms with Gasteiger partial charge < -0.3 is 10.1 Å². The molecule has 2 aliphatic rings. The molecule has 0 aromatic carbocycles. The summed E-state index contributed by atoms with van der Waals surface area (Å²) in [5.74, 6) is 0.895. The fourth-order valence-corrected chi connectivity index (χ4v) is 2.95. The molecular formula is C10H19NO. The summed E-state index contributed by atoms with van der Waals surface area (Å²) >= 11 is 0. The van der Waals surface area contributed by atoms with Gasteiger partial charge in [0.15, 0.2) is 0 Å². The SMILES string of the molecule is COC[C@]12CCCC[C@H]1CNC2. The minimum atomic E-state index is 0.507. The van der Waals surface area contributed by atoms with Crippen LogP contribution in [0.15, 0.2) is 0 Å². The highest BCUT2D eigenvalue weighted by Crippen LogP contribution is 2.43. The van der Waals surface area contributed by atoms with Gasteiger partial charge in [-0.15, -0.1) is 0 Å². The third-order valence-electron chi connectivity index (χ3n) is 3.64. The first-order valence-corrected chi connectivity index (χ1v) is 5.07. The van der Waals surface area contributed by atoms with Gasteiger partial charge in [0.1, 0.15) is 0 Å². The fraction of sp³-hybridized carbons (Fsp3) is 1.00. The molecule has 2 atom stereocenters. The molecule has 0 unspecified atom stereocenters. The van der Waals surface area contributed by atoms with Crippen molar-refractivity contribution in [1.82, 2.24) is 5.32 Å². The second-order valence-electron chi connectivity index (χ2n) is 4.37. The summed E-state index contributed by atoms with van der Waals surface area (Å²) in [5, 5.41) is 3.51. The predicted molar refractivity (Wildman–Crippen MR) is 49.1 cm³/mol. The fourth-order valence-electron chi connectivity index (χ4n) is 2.95. The van der Waals surface area contributed by atoms with E-state index in [-0.39, 0.29) is 0 Å². The van der Waals surface area contributed by atoms with Gasteiger partial charge in [-0.2, -0.15) is 0 Å². The summed E-state index contributed by atoms with van der Waals surface area (Å²) in [6.45, 7) is 3.37. The Kier molecular flexibility index (Phi) is 2.37. The average molecular weight is 169 g/mol. The smallest absolute Gasteiger partial charge is 0.0533 e. The molecule has 1 saturated carbocycles. The largest absolute Gasteiger partial charge is 0.384 e. The molecule has 1 saturated heterocycles. The van der Waals surface area contributed by atoms with Crippen LogP contribution in [0.3, 0.4) is 0 Å². The summed E-state index contributed by atoms with van der Waals surface area (Å²) in [4.78, 5) is 0. The monoisotopic (exact) mass is 169 g/mol. The van der Waals surface area contributed by atoms with Crippen molar-refractivity contribution >= 4 is 0 Å². The van der Waals surface area contributed by atoms with E-state index in [1.807, 2.05) is 7.11 Å². The van der Waals surface area contributed by atoms with Crippen LogP contribution in [0.5, 0.6) is 0 Å². The summed E-state index contributed by atoms with van der Waals surface area (Å²) in [5.41, 5.74) is 0.507. The van der Waals surface area contributed by atoms with Crippen molar-refractivity contribution < 1.29 is 4.74 Å². The number of ether oxygens (including phenoxy) is 1. The van der Waals surface area contributed by atoms with Crippen molar-refractivity contribution in [2.75, 3.05) is 26.8 Å². The molecule has 0 aromatic rings. The Morgan fingerprint density at radius 1 is 1.50 bits per heavy atom. The van der Waals surface area contributed by atoms with E-state index in [0.717, 1.165) is 12.5 Å². The highest BCUT2D eigenvalue weighted by Gasteiger charge is 2.43. The lowest BCUT2D eigenvalue weighted by Gasteiger charge is -2.37. The molecule has 0 aromatic heterocycles. The van der Waals surface area contributed by atoms with Gasteiger partial charge in [0, 0.05) is 19.1 Å². The maximum Gasteiger partial charge on any atom is 0.0533 e. The summed E-state index contributed by atoms with van der Waals surface area (Å²) in [6.07, 6.45) is 5.62. The van der Waals surface area contributed by atoms with Crippen LogP contribution < -0.4 is 5.32 Å². The molecule has 0 radical (unpaired) electrons. The Hall–Kier alpha value is -0.0800. The number of fused-ring (bicyclic) bond motifs is 1. The minimum absolute atomic E-state index is 0.507. The molecular weight excluding hydrogens is 150 g/mol. The molecule has 2 heteroatoms. The first-order valence-electron chi connectivity index (χ1n) is 5.07. The molecule has 2 nitrogen and oxygen atoms in total. The van der Waals surface area contributed by atoms with Crippen molar-refractivity contribution in [2.24, 2.45) is 11.3 Å². The third kappa shape index (κ3) is 1.27. The number of nitrogens with one attached hydrogen (secondary N) is 1. The Morgan fingerprint density at radius 3 is 3.25 bits per heavy atom. The Balaban J connectivity index is 2.06. The third-order valence-corrected chi connectivity index (χ3v) is 3.64. The number of hydrogen-bond donors (Lipinski definition) is 1. The van der Waals surface area contributed by atoms with Crippen LogP contribution in [0.4, 0.5) is 0 Å². The van der Waals surface area contributed by atoms with E-state index < -0.39 is 0 Å². The van der Waals surface area contributed by atoms with E-state index in [9.17, 15) is 0 Å². The van der Waals surface area contributed by atoms with E-state index in [0.29, 0.717) is 5.41 Å². The van der Waals surface area contributed by atoms with Crippen LogP contribution in [-0.2, 0) is 4.74 Å². The Morgan fingerprint density at radius 2 is 2.42 bits per heavy atom. The maximum atomic E-state index is 5.35. The maximum absolute atomic E-state index is 5.35. The number of rotatable bonds is 2. The van der Waals surface area contributed by atoms with Crippen molar-refractivity contribution in [3.05, 3.63) is 0 Å². The highest BCUT2D eigenvalue weighted by molar-refractivity contribution is 4.97. The van der Waals surface area contributed by atoms with E-state index >= 15 is 0 Å². The molecule has 1 aliphatic heterocycles. The van der Waals surface area contributed by atoms with E-state index in [4.69, 9.17) is 4.74 Å². The second-order valence-corrected chi connectivity index (χ2v) is 4.37. The molecule has 70 valence electrons. The second kappa shape index (κ2) is 3.35. The first kappa shape index (κ1) is 8.52. The highest BCUT2D eigenvalue weighted by atomic mass is 16.5. The van der Waals surface area contributed by atoms with Gasteiger partial charge >= 0.3 is 0 Å². The zero-order valence-electron chi connectivity index (χ0n) is 7.94. The molecule has 1 heterocycles. The molecule has 0 amide bonds. The van der Waals surface area contributed by atoms with Crippen molar-refractivity contribution in [1.29, 1.82) is 0 Å². The Labute approximate surface area is 74.7 Å². The van der Waals surface area contributed by atoms with E-state index in [1.165, 1.54) is 38.8 Å². The molecule has 0 spiro atoms. The van der Waals surface area contributed by atoms with Gasteiger partial charge in [0.2, 0.25) is 0 Å². The van der Waals surface area contributed by atoms with Crippen molar-refractivity contribution in [2.45, 2.75) is 25.7 Å². The van der Waals surface area contributed by atoms with Gasteiger partial charge in [0.25, 0.3) is 0 Å². The van der Waals surface area contributed by atoms with Gasteiger partial charge in [-0.05, 0) is 25.3 Å². The molecule has 2 rings (SSSR count). The summed E-state index contributed by atoms with van der Waals surface area (Å²) in [7, 11) is 1.83. The molecule has 2 fully saturated rings. The molecule has 0 bridgehead atoms. The number of hydrogen-bond acceptors (Lipinski definition) is 2. The van der Waals surface area contributed by atoms with Crippen LogP contribution in [0.2, 0.25) is 0 Å². The van der Waals surface area contributed by atoms with Crippen LogP contribution in [0, 0.1) is 11.3 Å². The topological polar surface area (TPSA) is 21.3 Å². The zero-order valence-corrected chi connectivity index (χ0v) is 7.94. The van der Waals surface area contributed by atoms with Crippen molar-refractivity contribution in [3.8, 4) is 0 Å². The minimum Gasteiger partial charge on any atom is -0.384 e. The lowest BCUT2D eigenvalue weighted by Crippen LogP contribution is -2.37. The van der Waals surface area contributed by atoms with Crippen LogP contribution in [0.1, 0.15) is 25.7 Å². The van der Waals surface area contributed by atoms with Gasteiger partial charge in [-0.25, -0.2) is 0 Å².